The zero-order valence-electron chi connectivity index (χ0n) is 12.8. The molecule has 7 nitrogen and oxygen atoms in total. The summed E-state index contributed by atoms with van der Waals surface area (Å²) in [4.78, 5) is 31.6. The number of carbonyl (C=O) groups is 2. The summed E-state index contributed by atoms with van der Waals surface area (Å²) >= 11 is 0. The first-order chi connectivity index (χ1) is 10.5. The van der Waals surface area contributed by atoms with Crippen molar-refractivity contribution in [2.75, 3.05) is 45.2 Å². The Labute approximate surface area is 129 Å². The van der Waals surface area contributed by atoms with Crippen LogP contribution in [0.15, 0.2) is 18.3 Å². The molecule has 3 rings (SSSR count). The Bertz CT molecular complexity index is 592. The lowest BCUT2D eigenvalue weighted by Gasteiger charge is -2.33. The van der Waals surface area contributed by atoms with E-state index in [0.717, 1.165) is 13.0 Å². The topological polar surface area (TPSA) is 74.8 Å². The Morgan fingerprint density at radius 2 is 2.32 bits per heavy atom. The average molecular weight is 304 g/mol. The van der Waals surface area contributed by atoms with E-state index in [1.165, 1.54) is 0 Å². The van der Waals surface area contributed by atoms with Crippen LogP contribution < -0.4 is 10.2 Å². The Hall–Kier alpha value is -2.15. The summed E-state index contributed by atoms with van der Waals surface area (Å²) < 4.78 is 5.76. The predicted octanol–water partition coefficient (Wildman–Crippen LogP) is -0.121. The molecule has 1 unspecified atom stereocenters. The highest BCUT2D eigenvalue weighted by molar-refractivity contribution is 5.98. The van der Waals surface area contributed by atoms with Crippen molar-refractivity contribution in [1.82, 2.24) is 15.2 Å². The van der Waals surface area contributed by atoms with Gasteiger partial charge in [0, 0.05) is 33.4 Å². The van der Waals surface area contributed by atoms with Crippen molar-refractivity contribution in [1.29, 1.82) is 0 Å². The van der Waals surface area contributed by atoms with E-state index in [4.69, 9.17) is 4.74 Å². The number of rotatable bonds is 2. The number of morpholine rings is 1. The van der Waals surface area contributed by atoms with Gasteiger partial charge in [-0.15, -0.1) is 0 Å². The van der Waals surface area contributed by atoms with E-state index in [-0.39, 0.29) is 24.0 Å². The van der Waals surface area contributed by atoms with E-state index in [1.807, 2.05) is 0 Å². The number of carbonyl (C=O) groups excluding carboxylic acids is 2. The van der Waals surface area contributed by atoms with Crippen LogP contribution in [0.2, 0.25) is 0 Å². The monoisotopic (exact) mass is 304 g/mol. The molecule has 0 aromatic carbocycles. The Morgan fingerprint density at radius 1 is 1.50 bits per heavy atom. The maximum Gasteiger partial charge on any atom is 0.257 e. The first-order valence-electron chi connectivity index (χ1n) is 7.33. The second-order valence-corrected chi connectivity index (χ2v) is 5.99. The normalized spacial score (nSPS) is 24.5. The van der Waals surface area contributed by atoms with Crippen LogP contribution in [-0.2, 0) is 9.53 Å². The molecule has 0 aliphatic carbocycles. The first-order valence-corrected chi connectivity index (χ1v) is 7.33. The van der Waals surface area contributed by atoms with Crippen molar-refractivity contribution >= 4 is 17.6 Å². The number of nitrogens with zero attached hydrogens (tertiary/aromatic N) is 3. The molecule has 22 heavy (non-hydrogen) atoms. The van der Waals surface area contributed by atoms with Gasteiger partial charge in [-0.2, -0.15) is 0 Å². The largest absolute Gasteiger partial charge is 0.361 e. The van der Waals surface area contributed by atoms with Gasteiger partial charge >= 0.3 is 0 Å². The van der Waals surface area contributed by atoms with E-state index in [0.29, 0.717) is 24.5 Å². The van der Waals surface area contributed by atoms with Crippen molar-refractivity contribution in [3.8, 4) is 0 Å². The fourth-order valence-electron chi connectivity index (χ4n) is 2.92. The molecule has 1 aromatic rings. The minimum Gasteiger partial charge on any atom is -0.361 e. The third-order valence-electron chi connectivity index (χ3n) is 4.16. The number of nitrogens with one attached hydrogen (secondary N) is 1. The van der Waals surface area contributed by atoms with Gasteiger partial charge in [-0.05, 0) is 18.6 Å². The molecule has 1 N–H and O–H groups in total. The Morgan fingerprint density at radius 3 is 3.00 bits per heavy atom. The summed E-state index contributed by atoms with van der Waals surface area (Å²) in [6.45, 7) is 1.98. The van der Waals surface area contributed by atoms with Crippen LogP contribution in [-0.4, -0.2) is 67.6 Å². The van der Waals surface area contributed by atoms with Crippen molar-refractivity contribution in [3.05, 3.63) is 23.9 Å². The first kappa shape index (κ1) is 14.8. The molecule has 0 saturated carbocycles. The summed E-state index contributed by atoms with van der Waals surface area (Å²) in [7, 11) is 3.45. The third kappa shape index (κ3) is 2.64. The van der Waals surface area contributed by atoms with Crippen LogP contribution in [0.4, 0.5) is 5.82 Å². The molecule has 0 radical (unpaired) electrons. The summed E-state index contributed by atoms with van der Waals surface area (Å²) in [6, 6.07) is 3.56. The number of ether oxygens (including phenoxy) is 1. The molecule has 2 aliphatic heterocycles. The van der Waals surface area contributed by atoms with Gasteiger partial charge in [0.25, 0.3) is 5.91 Å². The zero-order valence-corrected chi connectivity index (χ0v) is 12.8. The van der Waals surface area contributed by atoms with Gasteiger partial charge < -0.3 is 19.9 Å². The molecule has 1 aromatic heterocycles. The van der Waals surface area contributed by atoms with E-state index >= 15 is 0 Å². The number of anilines is 1. The van der Waals surface area contributed by atoms with Crippen LogP contribution in [0, 0.1) is 0 Å². The van der Waals surface area contributed by atoms with Gasteiger partial charge in [0.15, 0.2) is 0 Å². The summed E-state index contributed by atoms with van der Waals surface area (Å²) in [5.74, 6) is 0.533. The molecule has 3 heterocycles. The van der Waals surface area contributed by atoms with Crippen molar-refractivity contribution in [2.45, 2.75) is 12.0 Å². The fraction of sp³-hybridized carbons (Fsp3) is 0.533. The molecular weight excluding hydrogens is 284 g/mol. The minimum absolute atomic E-state index is 0.0677. The second-order valence-electron chi connectivity index (χ2n) is 5.99. The molecule has 2 aliphatic rings. The molecule has 2 fully saturated rings. The standard InChI is InChI=1S/C15H20N4O3/c1-18(2)14(21)11-4-3-6-16-13(11)19-7-5-15(10-19)9-17-12(20)8-22-15/h3-4,6H,5,7-10H2,1-2H3,(H,17,20). The number of amides is 2. The highest BCUT2D eigenvalue weighted by Gasteiger charge is 2.43. The van der Waals surface area contributed by atoms with Crippen LogP contribution in [0.1, 0.15) is 16.8 Å². The van der Waals surface area contributed by atoms with Crippen LogP contribution >= 0.6 is 0 Å². The van der Waals surface area contributed by atoms with Gasteiger partial charge in [0.05, 0.1) is 12.1 Å². The lowest BCUT2D eigenvalue weighted by molar-refractivity contribution is -0.141. The Balaban J connectivity index is 1.82. The van der Waals surface area contributed by atoms with Crippen LogP contribution in [0.3, 0.4) is 0 Å². The van der Waals surface area contributed by atoms with Crippen LogP contribution in [0.5, 0.6) is 0 Å². The third-order valence-corrected chi connectivity index (χ3v) is 4.16. The average Bonchev–Trinajstić information content (AvgIpc) is 2.94. The number of aromatic nitrogens is 1. The molecule has 0 bridgehead atoms. The van der Waals surface area contributed by atoms with Crippen LogP contribution in [0.25, 0.3) is 0 Å². The fourth-order valence-corrected chi connectivity index (χ4v) is 2.92. The molecule has 2 amide bonds. The summed E-state index contributed by atoms with van der Waals surface area (Å²) in [5, 5.41) is 2.86. The maximum absolute atomic E-state index is 12.3. The minimum atomic E-state index is -0.371. The summed E-state index contributed by atoms with van der Waals surface area (Å²) in [6.07, 6.45) is 2.50. The Kier molecular flexibility index (Phi) is 3.74. The van der Waals surface area contributed by atoms with Gasteiger partial charge in [0.2, 0.25) is 5.91 Å². The van der Waals surface area contributed by atoms with Crippen molar-refractivity contribution in [3.63, 3.8) is 0 Å². The summed E-state index contributed by atoms with van der Waals surface area (Å²) in [5.41, 5.74) is 0.216. The lowest BCUT2D eigenvalue weighted by Crippen LogP contribution is -2.54. The van der Waals surface area contributed by atoms with Gasteiger partial charge in [-0.25, -0.2) is 4.98 Å². The van der Waals surface area contributed by atoms with Gasteiger partial charge in [-0.3, -0.25) is 9.59 Å². The molecule has 7 heteroatoms. The smallest absolute Gasteiger partial charge is 0.257 e. The van der Waals surface area contributed by atoms with E-state index in [1.54, 1.807) is 37.3 Å². The lowest BCUT2D eigenvalue weighted by atomic mass is 10.0. The SMILES string of the molecule is CN(C)C(=O)c1cccnc1N1CCC2(CNC(=O)CO2)C1. The van der Waals surface area contributed by atoms with Crippen molar-refractivity contribution in [2.24, 2.45) is 0 Å². The predicted molar refractivity (Wildman–Crippen MR) is 80.8 cm³/mol. The zero-order chi connectivity index (χ0) is 15.7. The van der Waals surface area contributed by atoms with Crippen molar-refractivity contribution < 1.29 is 14.3 Å². The van der Waals surface area contributed by atoms with E-state index in [2.05, 4.69) is 15.2 Å². The second kappa shape index (κ2) is 5.57. The quantitative estimate of drug-likeness (QED) is 0.824. The van der Waals surface area contributed by atoms with Gasteiger partial charge in [-0.1, -0.05) is 0 Å². The number of pyridine rings is 1. The van der Waals surface area contributed by atoms with E-state index < -0.39 is 0 Å². The highest BCUT2D eigenvalue weighted by Crippen LogP contribution is 2.31. The molecule has 118 valence electrons. The molecule has 1 atom stereocenters. The van der Waals surface area contributed by atoms with E-state index in [9.17, 15) is 9.59 Å². The number of hydrogen-bond acceptors (Lipinski definition) is 5. The maximum atomic E-state index is 12.3. The molecule has 2 saturated heterocycles. The van der Waals surface area contributed by atoms with Gasteiger partial charge in [0.1, 0.15) is 18.0 Å². The molecular formula is C15H20N4O3. The number of hydrogen-bond donors (Lipinski definition) is 1. The molecule has 1 spiro atoms. The highest BCUT2D eigenvalue weighted by atomic mass is 16.5.